The van der Waals surface area contributed by atoms with Crippen LogP contribution in [0.25, 0.3) is 6.08 Å². The summed E-state index contributed by atoms with van der Waals surface area (Å²) < 4.78 is 5.53. The number of nitrogens with one attached hydrogen (secondary N) is 1. The fraction of sp³-hybridized carbons (Fsp3) is 0.500. The minimum Gasteiger partial charge on any atom is -0.496 e. The van der Waals surface area contributed by atoms with Gasteiger partial charge in [0.05, 0.1) is 7.11 Å². The molecule has 1 saturated carbocycles. The molecular formula is C22H27N3O4. The van der Waals surface area contributed by atoms with Gasteiger partial charge in [-0.15, -0.1) is 0 Å². The molecule has 7 nitrogen and oxygen atoms in total. The molecule has 29 heavy (non-hydrogen) atoms. The van der Waals surface area contributed by atoms with Crippen molar-refractivity contribution in [2.45, 2.75) is 51.0 Å². The van der Waals surface area contributed by atoms with Crippen LogP contribution >= 0.6 is 0 Å². The van der Waals surface area contributed by atoms with E-state index < -0.39 is 17.8 Å². The highest BCUT2D eigenvalue weighted by atomic mass is 16.5. The quantitative estimate of drug-likeness (QED) is 0.624. The number of carbonyl (C=O) groups is 3. The molecule has 3 fully saturated rings. The predicted octanol–water partition coefficient (Wildman–Crippen LogP) is 3.09. The average molecular weight is 397 g/mol. The van der Waals surface area contributed by atoms with E-state index in [9.17, 15) is 14.4 Å². The van der Waals surface area contributed by atoms with Crippen molar-refractivity contribution in [3.05, 3.63) is 29.3 Å². The lowest BCUT2D eigenvalue weighted by atomic mass is 9.93. The third-order valence-electron chi connectivity index (χ3n) is 6.06. The van der Waals surface area contributed by atoms with E-state index in [1.54, 1.807) is 7.11 Å². The van der Waals surface area contributed by atoms with Crippen molar-refractivity contribution >= 4 is 29.6 Å². The molecule has 0 radical (unpaired) electrons. The lowest BCUT2D eigenvalue weighted by Gasteiger charge is -2.35. The summed E-state index contributed by atoms with van der Waals surface area (Å²) in [4.78, 5) is 41.3. The highest BCUT2D eigenvalue weighted by Crippen LogP contribution is 2.31. The third kappa shape index (κ3) is 3.86. The molecular weight excluding hydrogens is 370 g/mol. The maximum atomic E-state index is 13.1. The Morgan fingerprint density at radius 3 is 2.45 bits per heavy atom. The number of hydrogen-bond acceptors (Lipinski definition) is 5. The van der Waals surface area contributed by atoms with Crippen molar-refractivity contribution in [1.29, 1.82) is 0 Å². The number of amides is 4. The number of benzene rings is 1. The number of carbonyl (C=O) groups excluding carboxylic acids is 3. The van der Waals surface area contributed by atoms with Gasteiger partial charge in [0.1, 0.15) is 11.3 Å². The maximum absolute atomic E-state index is 13.1. The first kappa shape index (κ1) is 19.5. The Balaban J connectivity index is 1.64. The van der Waals surface area contributed by atoms with E-state index in [4.69, 9.17) is 4.74 Å². The topological polar surface area (TPSA) is 79.0 Å². The second-order valence-corrected chi connectivity index (χ2v) is 7.90. The van der Waals surface area contributed by atoms with Crippen LogP contribution in [-0.2, 0) is 9.59 Å². The number of methoxy groups -OCH3 is 1. The molecule has 1 N–H and O–H groups in total. The van der Waals surface area contributed by atoms with E-state index >= 15 is 0 Å². The van der Waals surface area contributed by atoms with E-state index in [1.165, 1.54) is 23.8 Å². The number of anilines is 1. The molecule has 2 aliphatic heterocycles. The van der Waals surface area contributed by atoms with Crippen LogP contribution in [0.15, 0.2) is 23.8 Å². The summed E-state index contributed by atoms with van der Waals surface area (Å²) in [6.07, 6.45) is 8.54. The van der Waals surface area contributed by atoms with E-state index in [1.807, 2.05) is 18.2 Å². The van der Waals surface area contributed by atoms with E-state index in [2.05, 4.69) is 10.2 Å². The smallest absolute Gasteiger partial charge is 0.331 e. The number of imide groups is 2. The van der Waals surface area contributed by atoms with Gasteiger partial charge in [-0.25, -0.2) is 4.79 Å². The molecule has 0 aromatic heterocycles. The van der Waals surface area contributed by atoms with Gasteiger partial charge >= 0.3 is 6.03 Å². The van der Waals surface area contributed by atoms with Crippen LogP contribution in [0.3, 0.4) is 0 Å². The summed E-state index contributed by atoms with van der Waals surface area (Å²) in [6.45, 7) is 2.03. The molecule has 2 saturated heterocycles. The van der Waals surface area contributed by atoms with Gasteiger partial charge in [-0.3, -0.25) is 19.8 Å². The van der Waals surface area contributed by atoms with E-state index in [-0.39, 0.29) is 11.6 Å². The van der Waals surface area contributed by atoms with Gasteiger partial charge in [0.15, 0.2) is 0 Å². The van der Waals surface area contributed by atoms with Gasteiger partial charge in [0.25, 0.3) is 11.8 Å². The summed E-state index contributed by atoms with van der Waals surface area (Å²) in [7, 11) is 1.58. The van der Waals surface area contributed by atoms with Crippen molar-refractivity contribution in [2.75, 3.05) is 25.1 Å². The number of urea groups is 1. The highest BCUT2D eigenvalue weighted by Gasteiger charge is 2.40. The fourth-order valence-electron chi connectivity index (χ4n) is 4.49. The SMILES string of the molecule is COc1cc(N2CCCC2)ccc1C=C1C(=O)NC(=O)N(C2CCCCC2)C1=O. The highest BCUT2D eigenvalue weighted by molar-refractivity contribution is 6.31. The molecule has 1 aromatic rings. The number of nitrogens with zero attached hydrogens (tertiary/aromatic N) is 2. The molecule has 0 bridgehead atoms. The molecule has 0 atom stereocenters. The number of rotatable bonds is 4. The molecule has 3 aliphatic rings. The summed E-state index contributed by atoms with van der Waals surface area (Å²) >= 11 is 0. The zero-order valence-electron chi connectivity index (χ0n) is 16.8. The van der Waals surface area contributed by atoms with E-state index in [0.717, 1.165) is 50.9 Å². The summed E-state index contributed by atoms with van der Waals surface area (Å²) in [5.41, 5.74) is 1.69. The van der Waals surface area contributed by atoms with Crippen molar-refractivity contribution in [3.8, 4) is 5.75 Å². The molecule has 2 heterocycles. The maximum Gasteiger partial charge on any atom is 0.331 e. The van der Waals surface area contributed by atoms with Crippen LogP contribution in [0.2, 0.25) is 0 Å². The van der Waals surface area contributed by atoms with Gasteiger partial charge < -0.3 is 9.64 Å². The molecule has 7 heteroatoms. The number of barbiturate groups is 1. The van der Waals surface area contributed by atoms with Gasteiger partial charge in [-0.2, -0.15) is 0 Å². The monoisotopic (exact) mass is 397 g/mol. The summed E-state index contributed by atoms with van der Waals surface area (Å²) in [6, 6.07) is 5.02. The minimum atomic E-state index is -0.655. The fourth-order valence-corrected chi connectivity index (χ4v) is 4.49. The molecule has 154 valence electrons. The molecule has 0 unspecified atom stereocenters. The first-order valence-electron chi connectivity index (χ1n) is 10.4. The van der Waals surface area contributed by atoms with Crippen molar-refractivity contribution in [1.82, 2.24) is 10.2 Å². The minimum absolute atomic E-state index is 0.0256. The van der Waals surface area contributed by atoms with Crippen molar-refractivity contribution in [3.63, 3.8) is 0 Å². The van der Waals surface area contributed by atoms with E-state index in [0.29, 0.717) is 11.3 Å². The lowest BCUT2D eigenvalue weighted by molar-refractivity contribution is -0.132. The molecule has 4 amide bonds. The molecule has 1 aliphatic carbocycles. The first-order valence-corrected chi connectivity index (χ1v) is 10.4. The van der Waals surface area contributed by atoms with Crippen LogP contribution in [0.5, 0.6) is 5.75 Å². The summed E-state index contributed by atoms with van der Waals surface area (Å²) in [5.74, 6) is -0.572. The van der Waals surface area contributed by atoms with Gasteiger partial charge in [-0.1, -0.05) is 19.3 Å². The largest absolute Gasteiger partial charge is 0.496 e. The number of ether oxygens (including phenoxy) is 1. The van der Waals surface area contributed by atoms with Crippen molar-refractivity contribution in [2.24, 2.45) is 0 Å². The predicted molar refractivity (Wildman–Crippen MR) is 110 cm³/mol. The summed E-state index contributed by atoms with van der Waals surface area (Å²) in [5, 5.41) is 2.33. The Morgan fingerprint density at radius 2 is 1.76 bits per heavy atom. The zero-order valence-corrected chi connectivity index (χ0v) is 16.8. The van der Waals surface area contributed by atoms with Crippen LogP contribution in [0.1, 0.15) is 50.5 Å². The second-order valence-electron chi connectivity index (χ2n) is 7.90. The van der Waals surface area contributed by atoms with Gasteiger partial charge in [-0.05, 0) is 43.9 Å². The van der Waals surface area contributed by atoms with Gasteiger partial charge in [0.2, 0.25) is 0 Å². The normalized spacial score (nSPS) is 22.4. The molecule has 1 aromatic carbocycles. The van der Waals surface area contributed by atoms with Crippen LogP contribution < -0.4 is 15.0 Å². The van der Waals surface area contributed by atoms with Crippen LogP contribution in [0.4, 0.5) is 10.5 Å². The van der Waals surface area contributed by atoms with Crippen LogP contribution in [-0.4, -0.2) is 49.0 Å². The second kappa shape index (κ2) is 8.27. The Hall–Kier alpha value is -2.83. The Morgan fingerprint density at radius 1 is 1.03 bits per heavy atom. The molecule has 0 spiro atoms. The number of hydrogen-bond donors (Lipinski definition) is 1. The van der Waals surface area contributed by atoms with Crippen molar-refractivity contribution < 1.29 is 19.1 Å². The Labute approximate surface area is 170 Å². The van der Waals surface area contributed by atoms with Crippen LogP contribution in [0, 0.1) is 0 Å². The first-order chi connectivity index (χ1) is 14.1. The molecule has 4 rings (SSSR count). The Bertz CT molecular complexity index is 852. The lowest BCUT2D eigenvalue weighted by Crippen LogP contribution is -2.58. The standard InChI is InChI=1S/C22H27N3O4/c1-29-19-14-17(24-11-5-6-12-24)10-9-15(19)13-18-20(26)23-22(28)25(21(18)27)16-7-3-2-4-8-16/h9-10,13-14,16H,2-8,11-12H2,1H3,(H,23,26,28). The average Bonchev–Trinajstić information content (AvgIpc) is 3.26. The Kier molecular flexibility index (Phi) is 5.56. The van der Waals surface area contributed by atoms with Gasteiger partial charge in [0, 0.05) is 36.4 Å². The third-order valence-corrected chi connectivity index (χ3v) is 6.06. The zero-order chi connectivity index (χ0) is 20.4.